The Balaban J connectivity index is 3.22. The Kier molecular flexibility index (Phi) is 7.02. The summed E-state index contributed by atoms with van der Waals surface area (Å²) in [5.41, 5.74) is 0.371. The Morgan fingerprint density at radius 3 is 2.43 bits per heavy atom. The highest BCUT2D eigenvalue weighted by Crippen LogP contribution is 2.24. The van der Waals surface area contributed by atoms with Crippen molar-refractivity contribution in [2.75, 3.05) is 11.9 Å². The summed E-state index contributed by atoms with van der Waals surface area (Å²) < 4.78 is 27.6. The van der Waals surface area contributed by atoms with Crippen LogP contribution in [0.15, 0.2) is 23.1 Å². The number of benzene rings is 1. The van der Waals surface area contributed by atoms with Gasteiger partial charge in [0.25, 0.3) is 0 Å². The molecule has 0 fully saturated rings. The van der Waals surface area contributed by atoms with Crippen LogP contribution in [-0.2, 0) is 10.0 Å². The van der Waals surface area contributed by atoms with Crippen molar-refractivity contribution in [3.05, 3.63) is 23.8 Å². The van der Waals surface area contributed by atoms with E-state index in [1.165, 1.54) is 18.2 Å². The molecule has 23 heavy (non-hydrogen) atoms. The molecule has 0 bridgehead atoms. The number of carbonyl (C=O) groups is 1. The van der Waals surface area contributed by atoms with Crippen LogP contribution in [0.2, 0.25) is 0 Å². The highest BCUT2D eigenvalue weighted by Gasteiger charge is 2.21. The average molecular weight is 342 g/mol. The average Bonchev–Trinajstić information content (AvgIpc) is 2.45. The number of nitrogens with one attached hydrogen (secondary N) is 2. The van der Waals surface area contributed by atoms with Crippen LogP contribution in [0.25, 0.3) is 0 Å². The predicted octanol–water partition coefficient (Wildman–Crippen LogP) is 2.92. The van der Waals surface area contributed by atoms with Crippen LogP contribution in [0.4, 0.5) is 5.69 Å². The summed E-state index contributed by atoms with van der Waals surface area (Å²) in [5, 5.41) is 12.3. The summed E-state index contributed by atoms with van der Waals surface area (Å²) >= 11 is 0. The molecule has 0 aliphatic heterocycles. The number of rotatable bonds is 9. The van der Waals surface area contributed by atoms with E-state index in [1.54, 1.807) is 0 Å². The zero-order valence-corrected chi connectivity index (χ0v) is 14.9. The van der Waals surface area contributed by atoms with Gasteiger partial charge >= 0.3 is 5.97 Å². The first kappa shape index (κ1) is 19.4. The standard InChI is InChI=1S/C16H26N2O4S/c1-5-6-12(4)18-14-8-7-13(16(19)20)9-15(14)23(21,22)17-10-11(2)3/h7-9,11-12,17-18H,5-6,10H2,1-4H3,(H,19,20). The molecule has 6 nitrogen and oxygen atoms in total. The molecule has 0 aliphatic rings. The van der Waals surface area contributed by atoms with E-state index < -0.39 is 16.0 Å². The minimum absolute atomic E-state index is 0.0268. The Morgan fingerprint density at radius 2 is 1.91 bits per heavy atom. The van der Waals surface area contributed by atoms with Crippen molar-refractivity contribution >= 4 is 21.7 Å². The maximum absolute atomic E-state index is 12.5. The molecular formula is C16H26N2O4S. The number of hydrogen-bond donors (Lipinski definition) is 3. The van der Waals surface area contributed by atoms with Gasteiger partial charge in [0.05, 0.1) is 11.3 Å². The fraction of sp³-hybridized carbons (Fsp3) is 0.562. The second-order valence-electron chi connectivity index (χ2n) is 6.10. The molecule has 0 radical (unpaired) electrons. The minimum Gasteiger partial charge on any atom is -0.478 e. The van der Waals surface area contributed by atoms with Gasteiger partial charge in [0, 0.05) is 12.6 Å². The summed E-state index contributed by atoms with van der Waals surface area (Å²) in [5.74, 6) is -0.999. The van der Waals surface area contributed by atoms with Gasteiger partial charge in [-0.05, 0) is 37.5 Å². The monoisotopic (exact) mass is 342 g/mol. The maximum atomic E-state index is 12.5. The van der Waals surface area contributed by atoms with Crippen molar-refractivity contribution in [1.82, 2.24) is 4.72 Å². The molecule has 1 atom stereocenters. The third-order valence-corrected chi connectivity index (χ3v) is 4.79. The lowest BCUT2D eigenvalue weighted by molar-refractivity contribution is 0.0696. The molecule has 0 saturated heterocycles. The summed E-state index contributed by atoms with van der Waals surface area (Å²) in [4.78, 5) is 11.1. The molecule has 1 rings (SSSR count). The lowest BCUT2D eigenvalue weighted by atomic mass is 10.1. The van der Waals surface area contributed by atoms with Gasteiger partial charge in [0.15, 0.2) is 0 Å². The smallest absolute Gasteiger partial charge is 0.335 e. The number of hydrogen-bond acceptors (Lipinski definition) is 4. The van der Waals surface area contributed by atoms with Gasteiger partial charge in [-0.2, -0.15) is 0 Å². The van der Waals surface area contributed by atoms with E-state index in [1.807, 2.05) is 27.7 Å². The zero-order chi connectivity index (χ0) is 17.6. The molecule has 0 aliphatic carbocycles. The molecule has 0 spiro atoms. The Bertz CT molecular complexity index is 641. The van der Waals surface area contributed by atoms with Gasteiger partial charge in [-0.1, -0.05) is 27.2 Å². The summed E-state index contributed by atoms with van der Waals surface area (Å²) in [7, 11) is -3.78. The normalized spacial score (nSPS) is 13.1. The van der Waals surface area contributed by atoms with Crippen LogP contribution in [0.1, 0.15) is 50.9 Å². The first-order valence-corrected chi connectivity index (χ1v) is 9.29. The van der Waals surface area contributed by atoms with E-state index in [9.17, 15) is 13.2 Å². The van der Waals surface area contributed by atoms with Crippen molar-refractivity contribution in [2.45, 2.75) is 51.5 Å². The molecule has 0 saturated carbocycles. The topological polar surface area (TPSA) is 95.5 Å². The number of carboxylic acids is 1. The van der Waals surface area contributed by atoms with Crippen LogP contribution in [0.5, 0.6) is 0 Å². The van der Waals surface area contributed by atoms with Crippen molar-refractivity contribution in [3.8, 4) is 0 Å². The van der Waals surface area contributed by atoms with Crippen LogP contribution in [-0.4, -0.2) is 32.1 Å². The van der Waals surface area contributed by atoms with Crippen molar-refractivity contribution in [1.29, 1.82) is 0 Å². The van der Waals surface area contributed by atoms with E-state index in [-0.39, 0.29) is 22.4 Å². The third kappa shape index (κ3) is 5.84. The van der Waals surface area contributed by atoms with Gasteiger partial charge in [-0.25, -0.2) is 17.9 Å². The highest BCUT2D eigenvalue weighted by molar-refractivity contribution is 7.89. The highest BCUT2D eigenvalue weighted by atomic mass is 32.2. The zero-order valence-electron chi connectivity index (χ0n) is 14.1. The van der Waals surface area contributed by atoms with E-state index in [0.29, 0.717) is 12.2 Å². The fourth-order valence-electron chi connectivity index (χ4n) is 2.12. The Morgan fingerprint density at radius 1 is 1.26 bits per heavy atom. The van der Waals surface area contributed by atoms with Crippen molar-refractivity contribution in [2.24, 2.45) is 5.92 Å². The molecule has 1 aromatic carbocycles. The number of sulfonamides is 1. The van der Waals surface area contributed by atoms with Gasteiger partial charge in [-0.3, -0.25) is 0 Å². The summed E-state index contributed by atoms with van der Waals surface area (Å²) in [6, 6.07) is 4.21. The second kappa shape index (κ2) is 8.31. The number of anilines is 1. The Hall–Kier alpha value is -1.60. The first-order valence-electron chi connectivity index (χ1n) is 7.81. The number of aromatic carboxylic acids is 1. The molecule has 7 heteroatoms. The predicted molar refractivity (Wildman–Crippen MR) is 91.4 cm³/mol. The molecule has 3 N–H and O–H groups in total. The van der Waals surface area contributed by atoms with Gasteiger partial charge in [-0.15, -0.1) is 0 Å². The molecule has 0 aromatic heterocycles. The molecular weight excluding hydrogens is 316 g/mol. The van der Waals surface area contributed by atoms with Crippen LogP contribution in [0.3, 0.4) is 0 Å². The molecule has 130 valence electrons. The first-order chi connectivity index (χ1) is 10.7. The van der Waals surface area contributed by atoms with Crippen LogP contribution >= 0.6 is 0 Å². The summed E-state index contributed by atoms with van der Waals surface area (Å²) in [6.07, 6.45) is 1.86. The minimum atomic E-state index is -3.78. The lowest BCUT2D eigenvalue weighted by Gasteiger charge is -2.19. The maximum Gasteiger partial charge on any atom is 0.335 e. The SMILES string of the molecule is CCCC(C)Nc1ccc(C(=O)O)cc1S(=O)(=O)NCC(C)C. The summed E-state index contributed by atoms with van der Waals surface area (Å²) in [6.45, 7) is 8.11. The number of carboxylic acid groups (broad SMARTS) is 1. The largest absolute Gasteiger partial charge is 0.478 e. The fourth-order valence-corrected chi connectivity index (χ4v) is 3.53. The Labute approximate surface area is 138 Å². The molecule has 1 unspecified atom stereocenters. The molecule has 1 aromatic rings. The lowest BCUT2D eigenvalue weighted by Crippen LogP contribution is -2.29. The third-order valence-electron chi connectivity index (χ3n) is 3.32. The van der Waals surface area contributed by atoms with E-state index in [4.69, 9.17) is 5.11 Å². The second-order valence-corrected chi connectivity index (χ2v) is 7.83. The van der Waals surface area contributed by atoms with E-state index in [0.717, 1.165) is 12.8 Å². The van der Waals surface area contributed by atoms with Gasteiger partial charge in [0.2, 0.25) is 10.0 Å². The van der Waals surface area contributed by atoms with Crippen molar-refractivity contribution in [3.63, 3.8) is 0 Å². The van der Waals surface area contributed by atoms with Gasteiger partial charge < -0.3 is 10.4 Å². The van der Waals surface area contributed by atoms with Crippen LogP contribution < -0.4 is 10.0 Å². The quantitative estimate of drug-likeness (QED) is 0.641. The van der Waals surface area contributed by atoms with E-state index in [2.05, 4.69) is 10.0 Å². The van der Waals surface area contributed by atoms with Crippen LogP contribution in [0, 0.1) is 5.92 Å². The van der Waals surface area contributed by atoms with Gasteiger partial charge in [0.1, 0.15) is 4.90 Å². The van der Waals surface area contributed by atoms with Crippen molar-refractivity contribution < 1.29 is 18.3 Å². The molecule has 0 amide bonds. The molecule has 0 heterocycles. The van der Waals surface area contributed by atoms with E-state index >= 15 is 0 Å².